The Hall–Kier alpha value is -1.16. The molecule has 136 valence electrons. The zero-order chi connectivity index (χ0) is 18.3. The smallest absolute Gasteiger partial charge is 0.324 e. The summed E-state index contributed by atoms with van der Waals surface area (Å²) in [5.41, 5.74) is 0. The van der Waals surface area contributed by atoms with Crippen LogP contribution in [0.15, 0.2) is 0 Å². The van der Waals surface area contributed by atoms with Crippen molar-refractivity contribution in [3.05, 3.63) is 0 Å². The molecule has 0 rings (SSSR count). The summed E-state index contributed by atoms with van der Waals surface area (Å²) in [7, 11) is -7.91. The predicted octanol–water partition coefficient (Wildman–Crippen LogP) is 1.21. The largest absolute Gasteiger partial charge is 0.345 e. The van der Waals surface area contributed by atoms with E-state index in [-0.39, 0.29) is 30.8 Å². The van der Waals surface area contributed by atoms with Crippen molar-refractivity contribution >= 4 is 32.2 Å². The summed E-state index contributed by atoms with van der Waals surface area (Å²) in [4.78, 5) is 22.4. The molecule has 0 spiro atoms. The van der Waals surface area contributed by atoms with Gasteiger partial charge in [-0.05, 0) is 12.8 Å². The maximum Gasteiger partial charge on any atom is 0.324 e. The summed E-state index contributed by atoms with van der Waals surface area (Å²) in [6, 6.07) is 0. The SMILES string of the molecule is CC(C)C(=O)OS(=O)(=O)CCCCCS(=O)(=O)OC(=O)C(C)C. The molecule has 23 heavy (non-hydrogen) atoms. The lowest BCUT2D eigenvalue weighted by atomic mass is 10.2. The third-order valence-corrected chi connectivity index (χ3v) is 5.06. The highest BCUT2D eigenvalue weighted by Gasteiger charge is 2.21. The van der Waals surface area contributed by atoms with Gasteiger partial charge >= 0.3 is 32.2 Å². The second-order valence-corrected chi connectivity index (χ2v) is 9.08. The molecule has 0 radical (unpaired) electrons. The first kappa shape index (κ1) is 21.8. The van der Waals surface area contributed by atoms with Crippen LogP contribution in [0.1, 0.15) is 47.0 Å². The topological polar surface area (TPSA) is 121 Å². The van der Waals surface area contributed by atoms with Crippen molar-refractivity contribution < 1.29 is 34.8 Å². The van der Waals surface area contributed by atoms with Gasteiger partial charge in [-0.25, -0.2) is 0 Å². The quantitative estimate of drug-likeness (QED) is 0.414. The second-order valence-electron chi connectivity index (χ2n) is 5.70. The summed E-state index contributed by atoms with van der Waals surface area (Å²) in [5, 5.41) is 0. The van der Waals surface area contributed by atoms with Crippen LogP contribution < -0.4 is 0 Å². The Balaban J connectivity index is 4.14. The molecule has 0 aliphatic heterocycles. The van der Waals surface area contributed by atoms with Gasteiger partial charge in [0, 0.05) is 0 Å². The molecule has 0 N–H and O–H groups in total. The first-order valence-corrected chi connectivity index (χ1v) is 10.4. The van der Waals surface area contributed by atoms with E-state index >= 15 is 0 Å². The highest BCUT2D eigenvalue weighted by Crippen LogP contribution is 2.09. The molecule has 0 aromatic rings. The minimum absolute atomic E-state index is 0.140. The minimum Gasteiger partial charge on any atom is -0.345 e. The van der Waals surface area contributed by atoms with E-state index < -0.39 is 44.0 Å². The van der Waals surface area contributed by atoms with Crippen LogP contribution >= 0.6 is 0 Å². The lowest BCUT2D eigenvalue weighted by Gasteiger charge is -2.08. The number of carbonyl (C=O) groups is 2. The van der Waals surface area contributed by atoms with Crippen molar-refractivity contribution in [2.24, 2.45) is 11.8 Å². The molecule has 0 saturated carbocycles. The van der Waals surface area contributed by atoms with Gasteiger partial charge in [-0.2, -0.15) is 16.8 Å². The van der Waals surface area contributed by atoms with E-state index in [9.17, 15) is 26.4 Å². The fraction of sp³-hybridized carbons (Fsp3) is 0.846. The van der Waals surface area contributed by atoms with Crippen molar-refractivity contribution in [2.45, 2.75) is 47.0 Å². The van der Waals surface area contributed by atoms with E-state index in [0.717, 1.165) is 0 Å². The molecule has 0 aromatic heterocycles. The third kappa shape index (κ3) is 10.3. The van der Waals surface area contributed by atoms with Crippen molar-refractivity contribution in [1.29, 1.82) is 0 Å². The van der Waals surface area contributed by atoms with E-state index in [1.807, 2.05) is 0 Å². The maximum absolute atomic E-state index is 11.5. The Kier molecular flexibility index (Phi) is 8.75. The third-order valence-electron chi connectivity index (χ3n) is 2.65. The minimum atomic E-state index is -3.96. The molecule has 8 nitrogen and oxygen atoms in total. The van der Waals surface area contributed by atoms with Crippen molar-refractivity contribution in [3.8, 4) is 0 Å². The maximum atomic E-state index is 11.5. The van der Waals surface area contributed by atoms with Gasteiger partial charge in [0.05, 0.1) is 23.3 Å². The molecule has 0 saturated heterocycles. The molecule has 0 bridgehead atoms. The van der Waals surface area contributed by atoms with E-state index in [2.05, 4.69) is 8.37 Å². The number of rotatable bonds is 10. The molecule has 0 amide bonds. The van der Waals surface area contributed by atoms with Gasteiger partial charge in [-0.1, -0.05) is 34.1 Å². The molecule has 0 fully saturated rings. The molecule has 0 heterocycles. The second kappa shape index (κ2) is 9.21. The van der Waals surface area contributed by atoms with Gasteiger partial charge in [-0.3, -0.25) is 9.59 Å². The van der Waals surface area contributed by atoms with Crippen LogP contribution in [-0.2, 0) is 38.2 Å². The zero-order valence-electron chi connectivity index (χ0n) is 13.8. The average molecular weight is 372 g/mol. The molecule has 10 heteroatoms. The van der Waals surface area contributed by atoms with Crippen LogP contribution in [0.25, 0.3) is 0 Å². The summed E-state index contributed by atoms with van der Waals surface area (Å²) >= 11 is 0. The summed E-state index contributed by atoms with van der Waals surface area (Å²) in [5.74, 6) is -3.51. The van der Waals surface area contributed by atoms with Crippen LogP contribution in [0.5, 0.6) is 0 Å². The molecular weight excluding hydrogens is 348 g/mol. The van der Waals surface area contributed by atoms with E-state index in [1.165, 1.54) is 27.7 Å². The van der Waals surface area contributed by atoms with E-state index in [4.69, 9.17) is 0 Å². The average Bonchev–Trinajstić information content (AvgIpc) is 2.36. The van der Waals surface area contributed by atoms with Crippen molar-refractivity contribution in [3.63, 3.8) is 0 Å². The first-order chi connectivity index (χ1) is 10.4. The van der Waals surface area contributed by atoms with E-state index in [1.54, 1.807) is 0 Å². The van der Waals surface area contributed by atoms with Gasteiger partial charge < -0.3 is 8.37 Å². The van der Waals surface area contributed by atoms with Crippen molar-refractivity contribution in [2.75, 3.05) is 11.5 Å². The summed E-state index contributed by atoms with van der Waals surface area (Å²) in [6.07, 6.45) is 0.555. The lowest BCUT2D eigenvalue weighted by Crippen LogP contribution is -2.21. The van der Waals surface area contributed by atoms with Gasteiger partial charge in [0.15, 0.2) is 0 Å². The summed E-state index contributed by atoms with van der Waals surface area (Å²) < 4.78 is 54.7. The van der Waals surface area contributed by atoms with Gasteiger partial charge in [0.2, 0.25) is 0 Å². The first-order valence-electron chi connectivity index (χ1n) is 7.28. The fourth-order valence-electron chi connectivity index (χ4n) is 1.26. The zero-order valence-corrected chi connectivity index (χ0v) is 15.4. The van der Waals surface area contributed by atoms with Crippen molar-refractivity contribution in [1.82, 2.24) is 0 Å². The van der Waals surface area contributed by atoms with Crippen LogP contribution in [0.4, 0.5) is 0 Å². The Labute approximate surface area is 137 Å². The van der Waals surface area contributed by atoms with Crippen LogP contribution in [-0.4, -0.2) is 40.3 Å². The van der Waals surface area contributed by atoms with Crippen LogP contribution in [0, 0.1) is 11.8 Å². The van der Waals surface area contributed by atoms with Gasteiger partial charge in [-0.15, -0.1) is 0 Å². The van der Waals surface area contributed by atoms with E-state index in [0.29, 0.717) is 0 Å². The molecule has 0 unspecified atom stereocenters. The van der Waals surface area contributed by atoms with Gasteiger partial charge in [0.25, 0.3) is 0 Å². The molecule has 0 aromatic carbocycles. The highest BCUT2D eigenvalue weighted by molar-refractivity contribution is 7.87. The lowest BCUT2D eigenvalue weighted by molar-refractivity contribution is -0.138. The number of unbranched alkanes of at least 4 members (excludes halogenated alkanes) is 2. The Bertz CT molecular complexity index is 548. The Morgan fingerprint density at radius 2 is 1.00 bits per heavy atom. The highest BCUT2D eigenvalue weighted by atomic mass is 32.2. The van der Waals surface area contributed by atoms with Crippen LogP contribution in [0.3, 0.4) is 0 Å². The molecule has 0 aliphatic rings. The van der Waals surface area contributed by atoms with Crippen LogP contribution in [0.2, 0.25) is 0 Å². The normalized spacial score (nSPS) is 12.4. The number of carbonyl (C=O) groups excluding carboxylic acids is 2. The number of hydrogen-bond acceptors (Lipinski definition) is 8. The molecule has 0 aliphatic carbocycles. The Morgan fingerprint density at radius 1 is 0.696 bits per heavy atom. The monoisotopic (exact) mass is 372 g/mol. The van der Waals surface area contributed by atoms with Gasteiger partial charge in [0.1, 0.15) is 0 Å². The number of hydrogen-bond donors (Lipinski definition) is 0. The Morgan fingerprint density at radius 3 is 1.26 bits per heavy atom. The predicted molar refractivity (Wildman–Crippen MR) is 83.3 cm³/mol. The standard InChI is InChI=1S/C13H24O8S2/c1-10(2)12(14)20-22(16,17)8-6-5-7-9-23(18,19)21-13(15)11(3)4/h10-11H,5-9H2,1-4H3. The molecular formula is C13H24O8S2. The fourth-order valence-corrected chi connectivity index (χ4v) is 3.43. The summed E-state index contributed by atoms with van der Waals surface area (Å²) in [6.45, 7) is 6.06. The molecule has 0 atom stereocenters.